The second-order valence-corrected chi connectivity index (χ2v) is 18.7. The van der Waals surface area contributed by atoms with Gasteiger partial charge in [-0.15, -0.1) is 5.10 Å². The van der Waals surface area contributed by atoms with E-state index in [0.29, 0.717) is 35.6 Å². The van der Waals surface area contributed by atoms with Gasteiger partial charge in [0.15, 0.2) is 20.1 Å². The Hall–Kier alpha value is -5.29. The molecule has 3 aromatic carbocycles. The number of nitro benzene ring substituents is 1. The summed E-state index contributed by atoms with van der Waals surface area (Å²) in [6.07, 6.45) is 0.966. The molecule has 2 unspecified atom stereocenters. The molecule has 1 aromatic heterocycles. The fourth-order valence-electron chi connectivity index (χ4n) is 8.43. The Kier molecular flexibility index (Phi) is 9.72. The lowest BCUT2D eigenvalue weighted by Crippen LogP contribution is -2.54. The highest BCUT2D eigenvalue weighted by Gasteiger charge is 2.66. The standard InChI is InChI=1S/C38H42N6O9Si/c1-23-36(54(3,4)51)33(16-17-41-21-31(39-40-41)29(22-45)26-8-6-5-7-9-26)53-38(23)30-18-28(44(49)50)14-15-32(30)42(37(38)48)20-25-10-12-27(13-11-25)43-34(47)19-35(43)52-24(2)46/h5-15,18,21,23,29,33,35-36,45,51H,16-17,19-20,22H2,1-4H3/t23-,29?,33+,35?,36-,38+/m1/s1. The third-order valence-corrected chi connectivity index (χ3v) is 13.4. The van der Waals surface area contributed by atoms with E-state index in [1.165, 1.54) is 24.0 Å². The first-order valence-corrected chi connectivity index (χ1v) is 20.9. The minimum absolute atomic E-state index is 0.0978. The summed E-state index contributed by atoms with van der Waals surface area (Å²) < 4.78 is 13.8. The van der Waals surface area contributed by atoms with Crippen LogP contribution in [-0.2, 0) is 42.5 Å². The van der Waals surface area contributed by atoms with Crippen LogP contribution in [0.25, 0.3) is 0 Å². The number of ether oxygens (including phenoxy) is 2. The summed E-state index contributed by atoms with van der Waals surface area (Å²) in [7, 11) is -3.04. The van der Waals surface area contributed by atoms with Crippen LogP contribution < -0.4 is 9.80 Å². The van der Waals surface area contributed by atoms with Gasteiger partial charge in [0.1, 0.15) is 0 Å². The van der Waals surface area contributed by atoms with Crippen molar-refractivity contribution in [3.63, 3.8) is 0 Å². The summed E-state index contributed by atoms with van der Waals surface area (Å²) in [4.78, 5) is 64.9. The molecule has 2 amide bonds. The number of rotatable bonds is 12. The van der Waals surface area contributed by atoms with Gasteiger partial charge < -0.3 is 24.3 Å². The van der Waals surface area contributed by atoms with Gasteiger partial charge in [-0.25, -0.2) is 0 Å². The average molecular weight is 755 g/mol. The number of carbonyl (C=O) groups is 3. The van der Waals surface area contributed by atoms with Gasteiger partial charge in [-0.2, -0.15) is 0 Å². The van der Waals surface area contributed by atoms with Gasteiger partial charge in [0.25, 0.3) is 11.6 Å². The van der Waals surface area contributed by atoms with Gasteiger partial charge in [-0.1, -0.05) is 54.6 Å². The number of anilines is 2. The molecule has 6 atom stereocenters. The number of aromatic nitrogens is 3. The number of esters is 1. The fraction of sp³-hybridized carbons (Fsp3) is 0.395. The van der Waals surface area contributed by atoms with E-state index in [1.54, 1.807) is 46.1 Å². The van der Waals surface area contributed by atoms with Gasteiger partial charge >= 0.3 is 5.97 Å². The molecule has 7 rings (SSSR count). The van der Waals surface area contributed by atoms with E-state index in [1.807, 2.05) is 50.3 Å². The highest BCUT2D eigenvalue weighted by Crippen LogP contribution is 2.60. The normalized spacial score (nSPS) is 24.1. The van der Waals surface area contributed by atoms with E-state index < -0.39 is 48.6 Å². The highest BCUT2D eigenvalue weighted by molar-refractivity contribution is 6.71. The number of benzene rings is 3. The van der Waals surface area contributed by atoms with Crippen molar-refractivity contribution in [3.8, 4) is 0 Å². The maximum Gasteiger partial charge on any atom is 0.304 e. The molecule has 3 aliphatic heterocycles. The summed E-state index contributed by atoms with van der Waals surface area (Å²) in [5, 5.41) is 30.8. The monoisotopic (exact) mass is 754 g/mol. The molecule has 15 nitrogen and oxygen atoms in total. The molecule has 282 valence electrons. The van der Waals surface area contributed by atoms with Crippen molar-refractivity contribution >= 4 is 43.2 Å². The number of hydrogen-bond donors (Lipinski definition) is 2. The maximum absolute atomic E-state index is 14.9. The van der Waals surface area contributed by atoms with Crippen LogP contribution in [0.3, 0.4) is 0 Å². The number of amides is 2. The summed E-state index contributed by atoms with van der Waals surface area (Å²) >= 11 is 0. The summed E-state index contributed by atoms with van der Waals surface area (Å²) in [6.45, 7) is 7.08. The van der Waals surface area contributed by atoms with Crippen molar-refractivity contribution < 1.29 is 38.7 Å². The van der Waals surface area contributed by atoms with Crippen LogP contribution in [-0.4, -0.2) is 74.9 Å². The zero-order valence-corrected chi connectivity index (χ0v) is 31.4. The third kappa shape index (κ3) is 6.48. The Morgan fingerprint density at radius 1 is 1.13 bits per heavy atom. The van der Waals surface area contributed by atoms with Gasteiger partial charge in [0, 0.05) is 54.5 Å². The van der Waals surface area contributed by atoms with Crippen LogP contribution in [0.5, 0.6) is 0 Å². The maximum atomic E-state index is 14.9. The van der Waals surface area contributed by atoms with E-state index >= 15 is 0 Å². The average Bonchev–Trinajstić information content (AvgIpc) is 3.78. The van der Waals surface area contributed by atoms with E-state index in [2.05, 4.69) is 10.3 Å². The van der Waals surface area contributed by atoms with Crippen LogP contribution >= 0.6 is 0 Å². The highest BCUT2D eigenvalue weighted by atomic mass is 28.4. The number of fused-ring (bicyclic) bond motifs is 2. The lowest BCUT2D eigenvalue weighted by molar-refractivity contribution is -0.385. The summed E-state index contributed by atoms with van der Waals surface area (Å²) in [5.41, 5.74) is 1.41. The molecule has 3 aliphatic rings. The van der Waals surface area contributed by atoms with E-state index in [-0.39, 0.29) is 43.0 Å². The quantitative estimate of drug-likeness (QED) is 0.0687. The van der Waals surface area contributed by atoms with Crippen molar-refractivity contribution in [1.82, 2.24) is 15.0 Å². The SMILES string of the molecule is CC(=O)OC1CC(=O)N1c1ccc(CN2C(=O)[C@@]3(O[C@@H](CCn4cc(C(CO)c5ccccc5)nn4)[C@H]([Si](C)(C)O)[C@H]3C)c3cc([N+](=O)[O-])ccc32)cc1. The first-order valence-electron chi connectivity index (χ1n) is 17.9. The first-order chi connectivity index (χ1) is 25.7. The molecule has 0 saturated carbocycles. The molecule has 2 fully saturated rings. The molecule has 1 spiro atoms. The van der Waals surface area contributed by atoms with Crippen LogP contribution in [0.15, 0.2) is 79.0 Å². The van der Waals surface area contributed by atoms with Crippen LogP contribution in [0, 0.1) is 16.0 Å². The van der Waals surface area contributed by atoms with Crippen LogP contribution in [0.1, 0.15) is 55.0 Å². The predicted molar refractivity (Wildman–Crippen MR) is 198 cm³/mol. The molecular formula is C38H42N6O9Si. The first kappa shape index (κ1) is 37.0. The van der Waals surface area contributed by atoms with Crippen LogP contribution in [0.4, 0.5) is 17.1 Å². The molecule has 4 heterocycles. The second kappa shape index (κ2) is 14.2. The lowest BCUT2D eigenvalue weighted by Gasteiger charge is -2.39. The Labute approximate surface area is 312 Å². The summed E-state index contributed by atoms with van der Waals surface area (Å²) in [5.74, 6) is -1.96. The lowest BCUT2D eigenvalue weighted by atomic mass is 9.82. The molecule has 2 saturated heterocycles. The minimum Gasteiger partial charge on any atom is -0.441 e. The van der Waals surface area contributed by atoms with Gasteiger partial charge in [-0.3, -0.25) is 34.1 Å². The zero-order valence-electron chi connectivity index (χ0n) is 30.4. The molecule has 0 radical (unpaired) electrons. The number of hydrogen-bond acceptors (Lipinski definition) is 11. The number of aliphatic hydroxyl groups excluding tert-OH is 1. The van der Waals surface area contributed by atoms with E-state index in [4.69, 9.17) is 9.47 Å². The number of β-lactam (4-membered cyclic amide) rings is 1. The molecule has 2 N–H and O–H groups in total. The third-order valence-electron chi connectivity index (χ3n) is 10.9. The van der Waals surface area contributed by atoms with Crippen molar-refractivity contribution in [2.24, 2.45) is 5.92 Å². The molecule has 0 bridgehead atoms. The Morgan fingerprint density at radius 3 is 2.48 bits per heavy atom. The topological polar surface area (TPSA) is 190 Å². The van der Waals surface area contributed by atoms with E-state index in [9.17, 15) is 34.4 Å². The number of carbonyl (C=O) groups excluding carboxylic acids is 3. The fourth-order valence-corrected chi connectivity index (χ4v) is 11.0. The molecule has 4 aromatic rings. The smallest absolute Gasteiger partial charge is 0.304 e. The molecule has 16 heteroatoms. The Bertz CT molecular complexity index is 2090. The van der Waals surface area contributed by atoms with E-state index in [0.717, 1.165) is 11.1 Å². The zero-order chi connectivity index (χ0) is 38.5. The number of aliphatic hydroxyl groups is 1. The minimum atomic E-state index is -3.04. The number of non-ortho nitro benzene ring substituents is 1. The van der Waals surface area contributed by atoms with Gasteiger partial charge in [0.2, 0.25) is 5.91 Å². The van der Waals surface area contributed by atoms with Crippen molar-refractivity contribution in [2.45, 2.75) is 82.3 Å². The van der Waals surface area contributed by atoms with Gasteiger partial charge in [0.05, 0.1) is 47.9 Å². The molecule has 54 heavy (non-hydrogen) atoms. The van der Waals surface area contributed by atoms with Crippen molar-refractivity contribution in [2.75, 3.05) is 16.4 Å². The van der Waals surface area contributed by atoms with Crippen molar-refractivity contribution in [3.05, 3.63) is 111 Å². The number of nitrogens with zero attached hydrogens (tertiary/aromatic N) is 6. The summed E-state index contributed by atoms with van der Waals surface area (Å²) in [6, 6.07) is 20.8. The largest absolute Gasteiger partial charge is 0.441 e. The number of nitro groups is 1. The Balaban J connectivity index is 1.17. The number of aryl methyl sites for hydroxylation is 1. The van der Waals surface area contributed by atoms with Crippen LogP contribution in [0.2, 0.25) is 18.6 Å². The second-order valence-electron chi connectivity index (χ2n) is 14.7. The Morgan fingerprint density at radius 2 is 1.85 bits per heavy atom. The molecular weight excluding hydrogens is 713 g/mol. The predicted octanol–water partition coefficient (Wildman–Crippen LogP) is 4.37. The molecule has 0 aliphatic carbocycles. The van der Waals surface area contributed by atoms with Crippen molar-refractivity contribution in [1.29, 1.82) is 0 Å². The van der Waals surface area contributed by atoms with Gasteiger partial charge in [-0.05, 0) is 48.8 Å².